The third-order valence-corrected chi connectivity index (χ3v) is 6.58. The summed E-state index contributed by atoms with van der Waals surface area (Å²) in [6, 6.07) is 6.04. The molecule has 0 atom stereocenters. The number of aromatic nitrogens is 1. The first kappa shape index (κ1) is 27.4. The monoisotopic (exact) mass is 529 g/mol. The first-order valence-corrected chi connectivity index (χ1v) is 12.7. The molecule has 0 saturated heterocycles. The van der Waals surface area contributed by atoms with Crippen LogP contribution >= 0.6 is 0 Å². The van der Waals surface area contributed by atoms with Gasteiger partial charge in [-0.05, 0) is 70.6 Å². The van der Waals surface area contributed by atoms with Gasteiger partial charge in [0.15, 0.2) is 23.1 Å². The number of aromatic hydroxyl groups is 1. The molecule has 1 N–H and O–H groups in total. The van der Waals surface area contributed by atoms with Gasteiger partial charge >= 0.3 is 0 Å². The Kier molecular flexibility index (Phi) is 8.20. The number of ether oxygens (including phenoxy) is 2. The third-order valence-electron chi connectivity index (χ3n) is 6.58. The topological polar surface area (TPSA) is 84.2 Å². The van der Waals surface area contributed by atoms with Crippen molar-refractivity contribution in [1.82, 2.24) is 14.4 Å². The SMILES string of the molecule is CCOc1ccc(CN(CCCN(C)C)C(=O)c2cn(C3CC3)c3c(O)c(F)c(F)cc3c2=O)cc1OC. The minimum Gasteiger partial charge on any atom is -0.503 e. The predicted octanol–water partition coefficient (Wildman–Crippen LogP) is 4.32. The fraction of sp³-hybridized carbons (Fsp3) is 0.429. The van der Waals surface area contributed by atoms with Gasteiger partial charge < -0.3 is 28.9 Å². The standard InChI is InChI=1S/C28H33F2N3O5/c1-5-38-22-10-7-17(13-23(22)37-4)15-32(12-6-11-31(2)3)28(36)20-16-33(18-8-9-18)25-19(26(20)34)14-21(29)24(30)27(25)35/h7,10,13-14,16,18,35H,5-6,8-9,11-12,15H2,1-4H3. The number of methoxy groups -OCH3 is 1. The second-order valence-corrected chi connectivity index (χ2v) is 9.73. The molecule has 0 radical (unpaired) electrons. The summed E-state index contributed by atoms with van der Waals surface area (Å²) in [6.07, 6.45) is 3.50. The summed E-state index contributed by atoms with van der Waals surface area (Å²) in [5.74, 6) is -3.10. The Bertz CT molecular complexity index is 1400. The lowest BCUT2D eigenvalue weighted by Crippen LogP contribution is -2.36. The number of pyridine rings is 1. The normalized spacial score (nSPS) is 13.2. The van der Waals surface area contributed by atoms with E-state index in [-0.39, 0.29) is 29.1 Å². The molecule has 204 valence electrons. The van der Waals surface area contributed by atoms with Gasteiger partial charge in [0.2, 0.25) is 11.2 Å². The smallest absolute Gasteiger partial charge is 0.259 e. The molecule has 1 amide bonds. The average molecular weight is 530 g/mol. The van der Waals surface area contributed by atoms with E-state index in [1.165, 1.54) is 17.9 Å². The molecule has 1 aliphatic rings. The van der Waals surface area contributed by atoms with Gasteiger partial charge in [-0.3, -0.25) is 9.59 Å². The van der Waals surface area contributed by atoms with Crippen LogP contribution in [-0.2, 0) is 6.54 Å². The molecule has 0 bridgehead atoms. The highest BCUT2D eigenvalue weighted by Gasteiger charge is 2.31. The lowest BCUT2D eigenvalue weighted by molar-refractivity contribution is 0.0735. The zero-order valence-corrected chi connectivity index (χ0v) is 22.1. The number of carbonyl (C=O) groups excluding carboxylic acids is 1. The molecule has 1 aromatic heterocycles. The number of hydrogen-bond donors (Lipinski definition) is 1. The Hall–Kier alpha value is -3.66. The maximum absolute atomic E-state index is 14.2. The predicted molar refractivity (Wildman–Crippen MR) is 140 cm³/mol. The largest absolute Gasteiger partial charge is 0.503 e. The van der Waals surface area contributed by atoms with Crippen molar-refractivity contribution in [2.45, 2.75) is 38.8 Å². The molecule has 1 saturated carbocycles. The summed E-state index contributed by atoms with van der Waals surface area (Å²) in [6.45, 7) is 3.62. The van der Waals surface area contributed by atoms with Gasteiger partial charge in [0, 0.05) is 25.3 Å². The first-order valence-electron chi connectivity index (χ1n) is 12.7. The van der Waals surface area contributed by atoms with E-state index in [0.717, 1.165) is 31.0 Å². The van der Waals surface area contributed by atoms with E-state index in [1.54, 1.807) is 17.0 Å². The Morgan fingerprint density at radius 3 is 2.53 bits per heavy atom. The second kappa shape index (κ2) is 11.4. The molecule has 38 heavy (non-hydrogen) atoms. The molecular weight excluding hydrogens is 496 g/mol. The van der Waals surface area contributed by atoms with E-state index < -0.39 is 28.7 Å². The zero-order valence-electron chi connectivity index (χ0n) is 22.1. The van der Waals surface area contributed by atoms with Crippen LogP contribution in [0.1, 0.15) is 48.1 Å². The van der Waals surface area contributed by atoms with Crippen LogP contribution in [0.15, 0.2) is 35.3 Å². The summed E-state index contributed by atoms with van der Waals surface area (Å²) in [5, 5.41) is 10.1. The van der Waals surface area contributed by atoms with Crippen molar-refractivity contribution < 1.29 is 28.2 Å². The number of halogens is 2. The van der Waals surface area contributed by atoms with Gasteiger partial charge in [-0.15, -0.1) is 0 Å². The number of nitrogens with zero attached hydrogens (tertiary/aromatic N) is 3. The van der Waals surface area contributed by atoms with Crippen LogP contribution in [0.3, 0.4) is 0 Å². The highest BCUT2D eigenvalue weighted by Crippen LogP contribution is 2.40. The summed E-state index contributed by atoms with van der Waals surface area (Å²) in [4.78, 5) is 30.9. The van der Waals surface area contributed by atoms with Gasteiger partial charge in [-0.1, -0.05) is 6.07 Å². The van der Waals surface area contributed by atoms with E-state index >= 15 is 0 Å². The molecule has 1 aliphatic carbocycles. The van der Waals surface area contributed by atoms with Crippen LogP contribution in [0.2, 0.25) is 0 Å². The molecule has 2 aromatic carbocycles. The zero-order chi connectivity index (χ0) is 27.6. The lowest BCUT2D eigenvalue weighted by atomic mass is 10.1. The van der Waals surface area contributed by atoms with Gasteiger partial charge in [0.1, 0.15) is 5.56 Å². The number of phenols is 1. The van der Waals surface area contributed by atoms with Gasteiger partial charge in [-0.25, -0.2) is 4.39 Å². The minimum absolute atomic E-state index is 0.0941. The van der Waals surface area contributed by atoms with Gasteiger partial charge in [0.25, 0.3) is 5.91 Å². The number of amides is 1. The molecule has 10 heteroatoms. The van der Waals surface area contributed by atoms with E-state index in [4.69, 9.17) is 9.47 Å². The van der Waals surface area contributed by atoms with Crippen molar-refractivity contribution in [2.75, 3.05) is 40.9 Å². The minimum atomic E-state index is -1.42. The quantitative estimate of drug-likeness (QED) is 0.398. The van der Waals surface area contributed by atoms with Crippen molar-refractivity contribution >= 4 is 16.8 Å². The summed E-state index contributed by atoms with van der Waals surface area (Å²) >= 11 is 0. The van der Waals surface area contributed by atoms with Crippen LogP contribution in [0.5, 0.6) is 17.2 Å². The molecule has 0 spiro atoms. The molecule has 1 heterocycles. The van der Waals surface area contributed by atoms with Crippen molar-refractivity contribution in [3.8, 4) is 17.2 Å². The average Bonchev–Trinajstić information content (AvgIpc) is 3.73. The van der Waals surface area contributed by atoms with Crippen LogP contribution in [-0.4, -0.2) is 66.3 Å². The number of benzene rings is 2. The molecule has 8 nitrogen and oxygen atoms in total. The van der Waals surface area contributed by atoms with E-state index in [1.807, 2.05) is 32.0 Å². The molecule has 0 unspecified atom stereocenters. The van der Waals surface area contributed by atoms with Crippen LogP contribution < -0.4 is 14.9 Å². The second-order valence-electron chi connectivity index (χ2n) is 9.73. The number of carbonyl (C=O) groups is 1. The van der Waals surface area contributed by atoms with Crippen LogP contribution in [0, 0.1) is 11.6 Å². The molecule has 0 aliphatic heterocycles. The molecule has 4 rings (SSSR count). The number of phenolic OH excluding ortho intramolecular Hbond substituents is 1. The number of hydrogen-bond acceptors (Lipinski definition) is 6. The molecular formula is C28H33F2N3O5. The first-order chi connectivity index (χ1) is 18.2. The Morgan fingerprint density at radius 2 is 1.89 bits per heavy atom. The van der Waals surface area contributed by atoms with E-state index in [2.05, 4.69) is 0 Å². The Morgan fingerprint density at radius 1 is 1.16 bits per heavy atom. The Labute approximate surface area is 220 Å². The van der Waals surface area contributed by atoms with Crippen LogP contribution in [0.25, 0.3) is 10.9 Å². The van der Waals surface area contributed by atoms with Gasteiger partial charge in [-0.2, -0.15) is 4.39 Å². The summed E-state index contributed by atoms with van der Waals surface area (Å²) in [5.41, 5.74) is -0.225. The van der Waals surface area contributed by atoms with E-state index in [9.17, 15) is 23.5 Å². The fourth-order valence-electron chi connectivity index (χ4n) is 4.54. The highest BCUT2D eigenvalue weighted by atomic mass is 19.2. The fourth-order valence-corrected chi connectivity index (χ4v) is 4.54. The number of fused-ring (bicyclic) bond motifs is 1. The third kappa shape index (κ3) is 5.60. The number of rotatable bonds is 11. The van der Waals surface area contributed by atoms with E-state index in [0.29, 0.717) is 31.1 Å². The van der Waals surface area contributed by atoms with Crippen LogP contribution in [0.4, 0.5) is 8.78 Å². The van der Waals surface area contributed by atoms with Crippen molar-refractivity contribution in [2.24, 2.45) is 0 Å². The lowest BCUT2D eigenvalue weighted by Gasteiger charge is -2.25. The van der Waals surface area contributed by atoms with Crippen molar-refractivity contribution in [1.29, 1.82) is 0 Å². The molecule has 1 fully saturated rings. The summed E-state index contributed by atoms with van der Waals surface area (Å²) in [7, 11) is 5.40. The van der Waals surface area contributed by atoms with Crippen molar-refractivity contribution in [3.63, 3.8) is 0 Å². The summed E-state index contributed by atoms with van der Waals surface area (Å²) < 4.78 is 41.0. The maximum atomic E-state index is 14.2. The highest BCUT2D eigenvalue weighted by molar-refractivity contribution is 5.98. The molecule has 3 aromatic rings. The van der Waals surface area contributed by atoms with Crippen molar-refractivity contribution in [3.05, 3.63) is 63.4 Å². The van der Waals surface area contributed by atoms with Gasteiger partial charge in [0.05, 0.1) is 24.6 Å². The Balaban J connectivity index is 1.76. The maximum Gasteiger partial charge on any atom is 0.259 e.